The predicted octanol–water partition coefficient (Wildman–Crippen LogP) is 1.09. The molecule has 0 aliphatic carbocycles. The minimum atomic E-state index is -0.724. The lowest BCUT2D eigenvalue weighted by Crippen LogP contribution is -2.28. The molecule has 1 rings (SSSR count). The Kier molecular flexibility index (Phi) is 5.71. The van der Waals surface area contributed by atoms with Crippen LogP contribution in [0.4, 0.5) is 0 Å². The van der Waals surface area contributed by atoms with Crippen molar-refractivity contribution in [2.24, 2.45) is 0 Å². The van der Waals surface area contributed by atoms with E-state index in [0.717, 1.165) is 5.75 Å². The van der Waals surface area contributed by atoms with Crippen LogP contribution in [0, 0.1) is 0 Å². The zero-order valence-corrected chi connectivity index (χ0v) is 8.96. The highest BCUT2D eigenvalue weighted by Crippen LogP contribution is 2.07. The van der Waals surface area contributed by atoms with Gasteiger partial charge in [-0.2, -0.15) is 0 Å². The van der Waals surface area contributed by atoms with Gasteiger partial charge in [0.15, 0.2) is 0 Å². The first-order valence-corrected chi connectivity index (χ1v) is 5.41. The van der Waals surface area contributed by atoms with Gasteiger partial charge in [-0.3, -0.25) is 4.72 Å². The van der Waals surface area contributed by atoms with E-state index in [2.05, 4.69) is 21.5 Å². The molecule has 0 bridgehead atoms. The molecule has 0 radical (unpaired) electrons. The molecule has 0 heterocycles. The molecule has 76 valence electrons. The summed E-state index contributed by atoms with van der Waals surface area (Å²) in [7, 11) is 0.757. The lowest BCUT2D eigenvalue weighted by Gasteiger charge is -2.05. The summed E-state index contributed by atoms with van der Waals surface area (Å²) < 4.78 is 7.71. The Hall–Kier alpha value is -0.485. The molecule has 0 amide bonds. The summed E-state index contributed by atoms with van der Waals surface area (Å²) in [5, 5.41) is 9.06. The first kappa shape index (κ1) is 11.6. The van der Waals surface area contributed by atoms with Gasteiger partial charge in [0.25, 0.3) is 0 Å². The second-order valence-corrected chi connectivity index (χ2v) is 3.68. The van der Waals surface area contributed by atoms with Crippen molar-refractivity contribution in [3.63, 3.8) is 0 Å². The van der Waals surface area contributed by atoms with E-state index < -0.39 is 7.12 Å². The van der Waals surface area contributed by atoms with Gasteiger partial charge in [0, 0.05) is 19.3 Å². The van der Waals surface area contributed by atoms with Crippen LogP contribution in [0.3, 0.4) is 0 Å². The minimum absolute atomic E-state index is 0.438. The van der Waals surface area contributed by atoms with Crippen LogP contribution in [-0.2, 0) is 10.4 Å². The normalized spacial score (nSPS) is 10.1. The van der Waals surface area contributed by atoms with Crippen LogP contribution in [0.1, 0.15) is 5.56 Å². The molecule has 1 aromatic carbocycles. The molecule has 0 saturated carbocycles. The maximum atomic E-state index is 9.06. The van der Waals surface area contributed by atoms with Crippen LogP contribution >= 0.6 is 11.9 Å². The molecule has 0 fully saturated rings. The smallest absolute Gasteiger partial charge is 0.426 e. The van der Waals surface area contributed by atoms with Gasteiger partial charge in [-0.05, 0) is 5.56 Å². The molecule has 0 unspecified atom stereocenters. The second kappa shape index (κ2) is 6.89. The predicted molar refractivity (Wildman–Crippen MR) is 60.7 cm³/mol. The molecule has 0 saturated heterocycles. The van der Waals surface area contributed by atoms with E-state index in [0.29, 0.717) is 6.44 Å². The van der Waals surface area contributed by atoms with Gasteiger partial charge >= 0.3 is 7.12 Å². The first-order chi connectivity index (χ1) is 6.83. The summed E-state index contributed by atoms with van der Waals surface area (Å²) in [5.41, 5.74) is 1.26. The lowest BCUT2D eigenvalue weighted by atomic mass is 9.93. The zero-order chi connectivity index (χ0) is 10.2. The summed E-state index contributed by atoms with van der Waals surface area (Å²) >= 11 is 1.56. The molecular formula is C9H14BNO2S. The van der Waals surface area contributed by atoms with Gasteiger partial charge in [0.2, 0.25) is 0 Å². The molecule has 3 nitrogen and oxygen atoms in total. The number of rotatable bonds is 6. The maximum absolute atomic E-state index is 9.06. The van der Waals surface area contributed by atoms with E-state index in [1.165, 1.54) is 12.7 Å². The van der Waals surface area contributed by atoms with E-state index in [1.807, 2.05) is 18.2 Å². The molecule has 0 spiro atoms. The van der Waals surface area contributed by atoms with Crippen LogP contribution in [0.2, 0.25) is 0 Å². The van der Waals surface area contributed by atoms with Crippen LogP contribution < -0.4 is 4.72 Å². The Morgan fingerprint density at radius 2 is 2.14 bits per heavy atom. The molecular weight excluding hydrogens is 197 g/mol. The fourth-order valence-corrected chi connectivity index (χ4v) is 1.64. The molecule has 0 aliphatic rings. The summed E-state index contributed by atoms with van der Waals surface area (Å²) in [5.74, 6) is 0.886. The fourth-order valence-electron chi connectivity index (χ4n) is 0.922. The fraction of sp³-hybridized carbons (Fsp3) is 0.333. The van der Waals surface area contributed by atoms with Gasteiger partial charge in [-0.1, -0.05) is 42.3 Å². The average Bonchev–Trinajstić information content (AvgIpc) is 2.25. The van der Waals surface area contributed by atoms with Crippen molar-refractivity contribution < 1.29 is 9.68 Å². The number of nitrogens with one attached hydrogen (secondary N) is 1. The third-order valence-corrected chi connectivity index (χ3v) is 2.56. The number of hydrogen-bond acceptors (Lipinski definition) is 4. The van der Waals surface area contributed by atoms with Gasteiger partial charge in [-0.15, -0.1) is 0 Å². The van der Waals surface area contributed by atoms with Crippen molar-refractivity contribution in [1.29, 1.82) is 0 Å². The largest absolute Gasteiger partial charge is 0.469 e. The standard InChI is InChI=1S/C9H14BNO2S/c1-13-10(12)8-11-14-7-9-5-3-2-4-6-9/h2-6,11-12H,7-8H2,1H3. The monoisotopic (exact) mass is 211 g/mol. The van der Waals surface area contributed by atoms with Gasteiger partial charge in [0.1, 0.15) is 0 Å². The van der Waals surface area contributed by atoms with Crippen molar-refractivity contribution in [3.8, 4) is 0 Å². The highest BCUT2D eigenvalue weighted by molar-refractivity contribution is 7.96. The Morgan fingerprint density at radius 1 is 1.43 bits per heavy atom. The third-order valence-electron chi connectivity index (χ3n) is 1.71. The van der Waals surface area contributed by atoms with E-state index >= 15 is 0 Å². The minimum Gasteiger partial charge on any atom is -0.426 e. The molecule has 0 aromatic heterocycles. The third kappa shape index (κ3) is 4.67. The lowest BCUT2D eigenvalue weighted by molar-refractivity contribution is 0.326. The zero-order valence-electron chi connectivity index (χ0n) is 8.14. The highest BCUT2D eigenvalue weighted by atomic mass is 32.2. The van der Waals surface area contributed by atoms with Crippen molar-refractivity contribution in [1.82, 2.24) is 4.72 Å². The summed E-state index contributed by atoms with van der Waals surface area (Å²) in [6, 6.07) is 10.2. The molecule has 1 aromatic rings. The van der Waals surface area contributed by atoms with E-state index in [9.17, 15) is 0 Å². The Labute approximate surface area is 89.1 Å². The summed E-state index contributed by atoms with van der Waals surface area (Å²) in [4.78, 5) is 0. The van der Waals surface area contributed by atoms with Crippen molar-refractivity contribution in [2.45, 2.75) is 5.75 Å². The molecule has 0 atom stereocenters. The molecule has 5 heteroatoms. The quantitative estimate of drug-likeness (QED) is 0.420. The van der Waals surface area contributed by atoms with Crippen LogP contribution in [0.25, 0.3) is 0 Å². The van der Waals surface area contributed by atoms with Crippen LogP contribution in [0.5, 0.6) is 0 Å². The van der Waals surface area contributed by atoms with E-state index in [4.69, 9.17) is 5.02 Å². The second-order valence-electron chi connectivity index (χ2n) is 2.81. The topological polar surface area (TPSA) is 41.5 Å². The van der Waals surface area contributed by atoms with Crippen molar-refractivity contribution >= 4 is 19.1 Å². The summed E-state index contributed by atoms with van der Waals surface area (Å²) in [6.45, 7) is 0. The molecule has 0 aliphatic heterocycles. The van der Waals surface area contributed by atoms with Crippen LogP contribution in [0.15, 0.2) is 30.3 Å². The van der Waals surface area contributed by atoms with Gasteiger partial charge < -0.3 is 9.68 Å². The first-order valence-electron chi connectivity index (χ1n) is 4.42. The van der Waals surface area contributed by atoms with Gasteiger partial charge in [0.05, 0.1) is 0 Å². The van der Waals surface area contributed by atoms with E-state index in [1.54, 1.807) is 11.9 Å². The van der Waals surface area contributed by atoms with E-state index in [-0.39, 0.29) is 0 Å². The maximum Gasteiger partial charge on any atom is 0.469 e. The Balaban J connectivity index is 2.10. The summed E-state index contributed by atoms with van der Waals surface area (Å²) in [6.07, 6.45) is 0.438. The van der Waals surface area contributed by atoms with Crippen molar-refractivity contribution in [2.75, 3.05) is 13.6 Å². The van der Waals surface area contributed by atoms with Crippen molar-refractivity contribution in [3.05, 3.63) is 35.9 Å². The Bertz CT molecular complexity index is 248. The number of benzene rings is 1. The highest BCUT2D eigenvalue weighted by Gasteiger charge is 2.08. The van der Waals surface area contributed by atoms with Gasteiger partial charge in [-0.25, -0.2) is 0 Å². The average molecular weight is 211 g/mol. The number of hydrogen-bond donors (Lipinski definition) is 2. The van der Waals surface area contributed by atoms with Crippen LogP contribution in [-0.4, -0.2) is 25.7 Å². The molecule has 2 N–H and O–H groups in total. The Morgan fingerprint density at radius 3 is 2.79 bits per heavy atom. The SMILES string of the molecule is COB(O)CNSCc1ccccc1. The molecule has 14 heavy (non-hydrogen) atoms.